The largest absolute Gasteiger partial charge is 0.493 e. The van der Waals surface area contributed by atoms with Crippen molar-refractivity contribution in [1.29, 1.82) is 0 Å². The molecule has 0 bridgehead atoms. The van der Waals surface area contributed by atoms with Crippen LogP contribution >= 0.6 is 11.8 Å². The molecule has 0 saturated carbocycles. The summed E-state index contributed by atoms with van der Waals surface area (Å²) in [7, 11) is -1.02. The fourth-order valence-electron chi connectivity index (χ4n) is 3.11. The molecule has 0 radical (unpaired) electrons. The Bertz CT molecular complexity index is 842. The number of rotatable bonds is 6. The first-order chi connectivity index (χ1) is 11.8. The highest BCUT2D eigenvalue weighted by Gasteiger charge is 2.32. The Morgan fingerprint density at radius 3 is 2.60 bits per heavy atom. The monoisotopic (exact) mass is 381 g/mol. The van der Waals surface area contributed by atoms with Crippen molar-refractivity contribution in [2.75, 3.05) is 23.9 Å². The summed E-state index contributed by atoms with van der Waals surface area (Å²) in [5.74, 6) is 2.79. The van der Waals surface area contributed by atoms with Crippen LogP contribution in [-0.4, -0.2) is 47.0 Å². The van der Waals surface area contributed by atoms with Gasteiger partial charge in [0.05, 0.1) is 18.1 Å². The Morgan fingerprint density at radius 2 is 1.96 bits per heavy atom. The second-order valence-electron chi connectivity index (χ2n) is 6.52. The van der Waals surface area contributed by atoms with Gasteiger partial charge in [-0.2, -0.15) is 0 Å². The number of aryl methyl sites for hydroxylation is 2. The molecule has 1 aliphatic heterocycles. The zero-order valence-electron chi connectivity index (χ0n) is 14.7. The van der Waals surface area contributed by atoms with E-state index in [0.717, 1.165) is 22.5 Å². The van der Waals surface area contributed by atoms with Crippen molar-refractivity contribution in [2.24, 2.45) is 7.05 Å². The van der Waals surface area contributed by atoms with Gasteiger partial charge in [-0.25, -0.2) is 8.42 Å². The van der Waals surface area contributed by atoms with Crippen molar-refractivity contribution in [3.8, 4) is 5.75 Å². The normalized spacial score (nSPS) is 19.2. The van der Waals surface area contributed by atoms with Crippen molar-refractivity contribution in [3.05, 3.63) is 35.2 Å². The maximum absolute atomic E-state index is 11.6. The smallest absolute Gasteiger partial charge is 0.191 e. The average molecular weight is 382 g/mol. The lowest BCUT2D eigenvalue weighted by Crippen LogP contribution is -2.09. The van der Waals surface area contributed by atoms with Gasteiger partial charge in [0, 0.05) is 18.7 Å². The highest BCUT2D eigenvalue weighted by Crippen LogP contribution is 2.29. The molecule has 1 aromatic carbocycles. The molecule has 0 N–H and O–H groups in total. The standard InChI is InChI=1S/C17H23N3O3S2/c1-12-8-13(2)10-15(9-12)23-5-6-24-17-19-18-16(20(17)3)14-4-7-25(21,22)11-14/h8-10,14H,4-7,11H2,1-3H3. The van der Waals surface area contributed by atoms with Gasteiger partial charge in [0.2, 0.25) is 0 Å². The summed E-state index contributed by atoms with van der Waals surface area (Å²) in [6.45, 7) is 4.69. The first-order valence-electron chi connectivity index (χ1n) is 8.28. The first-order valence-corrected chi connectivity index (χ1v) is 11.1. The van der Waals surface area contributed by atoms with Gasteiger partial charge >= 0.3 is 0 Å². The lowest BCUT2D eigenvalue weighted by atomic mass is 10.1. The number of hydrogen-bond acceptors (Lipinski definition) is 6. The molecule has 1 unspecified atom stereocenters. The Hall–Kier alpha value is -1.54. The van der Waals surface area contributed by atoms with E-state index in [-0.39, 0.29) is 17.4 Å². The number of sulfone groups is 1. The molecule has 136 valence electrons. The van der Waals surface area contributed by atoms with Crippen LogP contribution in [-0.2, 0) is 16.9 Å². The third-order valence-corrected chi connectivity index (χ3v) is 7.00. The first kappa shape index (κ1) is 18.3. The zero-order valence-corrected chi connectivity index (χ0v) is 16.4. The van der Waals surface area contributed by atoms with Crippen LogP contribution in [0.3, 0.4) is 0 Å². The van der Waals surface area contributed by atoms with Crippen LogP contribution in [0.5, 0.6) is 5.75 Å². The molecular formula is C17H23N3O3S2. The Kier molecular flexibility index (Phi) is 5.38. The quantitative estimate of drug-likeness (QED) is 0.565. The van der Waals surface area contributed by atoms with E-state index in [1.807, 2.05) is 23.7 Å². The molecule has 0 spiro atoms. The second-order valence-corrected chi connectivity index (χ2v) is 9.81. The van der Waals surface area contributed by atoms with E-state index in [1.165, 1.54) is 11.1 Å². The van der Waals surface area contributed by atoms with Crippen molar-refractivity contribution < 1.29 is 13.2 Å². The zero-order chi connectivity index (χ0) is 18.0. The van der Waals surface area contributed by atoms with Crippen LogP contribution in [0.2, 0.25) is 0 Å². The minimum Gasteiger partial charge on any atom is -0.493 e. The van der Waals surface area contributed by atoms with Crippen LogP contribution in [0.1, 0.15) is 29.3 Å². The van der Waals surface area contributed by atoms with E-state index in [4.69, 9.17) is 4.74 Å². The molecule has 1 aromatic heterocycles. The topological polar surface area (TPSA) is 74.1 Å². The maximum atomic E-state index is 11.6. The van der Waals surface area contributed by atoms with E-state index in [9.17, 15) is 8.42 Å². The van der Waals surface area contributed by atoms with Gasteiger partial charge in [0.15, 0.2) is 15.0 Å². The minimum absolute atomic E-state index is 0.0385. The highest BCUT2D eigenvalue weighted by molar-refractivity contribution is 7.99. The molecule has 25 heavy (non-hydrogen) atoms. The molecule has 1 fully saturated rings. The van der Waals surface area contributed by atoms with Crippen LogP contribution in [0.15, 0.2) is 23.4 Å². The summed E-state index contributed by atoms with van der Waals surface area (Å²) in [4.78, 5) is 0. The number of aromatic nitrogens is 3. The molecule has 0 aliphatic carbocycles. The van der Waals surface area contributed by atoms with Gasteiger partial charge in [-0.05, 0) is 43.5 Å². The summed E-state index contributed by atoms with van der Waals surface area (Å²) < 4.78 is 31.0. The molecule has 6 nitrogen and oxygen atoms in total. The lowest BCUT2D eigenvalue weighted by molar-refractivity contribution is 0.343. The molecule has 1 aliphatic rings. The van der Waals surface area contributed by atoms with Crippen molar-refractivity contribution in [2.45, 2.75) is 31.3 Å². The Labute approximate surface area is 152 Å². The maximum Gasteiger partial charge on any atom is 0.191 e. The summed E-state index contributed by atoms with van der Waals surface area (Å²) in [6.07, 6.45) is 0.634. The Morgan fingerprint density at radius 1 is 1.24 bits per heavy atom. The number of thioether (sulfide) groups is 1. The summed E-state index contributed by atoms with van der Waals surface area (Å²) in [6, 6.07) is 6.17. The Balaban J connectivity index is 1.54. The summed E-state index contributed by atoms with van der Waals surface area (Å²) in [5.41, 5.74) is 2.37. The molecule has 0 amide bonds. The van der Waals surface area contributed by atoms with Gasteiger partial charge < -0.3 is 9.30 Å². The fourth-order valence-corrected chi connectivity index (χ4v) is 5.59. The predicted octanol–water partition coefficient (Wildman–Crippen LogP) is 2.51. The van der Waals surface area contributed by atoms with Gasteiger partial charge in [-0.1, -0.05) is 17.8 Å². The molecule has 3 rings (SSSR count). The lowest BCUT2D eigenvalue weighted by Gasteiger charge is -2.09. The summed E-state index contributed by atoms with van der Waals surface area (Å²) >= 11 is 1.57. The van der Waals surface area contributed by atoms with Gasteiger partial charge in [-0.3, -0.25) is 0 Å². The van der Waals surface area contributed by atoms with Crippen molar-refractivity contribution in [3.63, 3.8) is 0 Å². The van der Waals surface area contributed by atoms with E-state index < -0.39 is 9.84 Å². The van der Waals surface area contributed by atoms with E-state index in [1.54, 1.807) is 11.8 Å². The molecule has 1 saturated heterocycles. The molecule has 2 heterocycles. The molecule has 1 atom stereocenters. The van der Waals surface area contributed by atoms with Crippen LogP contribution < -0.4 is 4.74 Å². The number of hydrogen-bond donors (Lipinski definition) is 0. The van der Waals surface area contributed by atoms with Gasteiger partial charge in [-0.15, -0.1) is 10.2 Å². The van der Waals surface area contributed by atoms with Crippen molar-refractivity contribution >= 4 is 21.6 Å². The minimum atomic E-state index is -2.92. The third-order valence-electron chi connectivity index (χ3n) is 4.24. The molecule has 2 aromatic rings. The summed E-state index contributed by atoms with van der Waals surface area (Å²) in [5, 5.41) is 9.21. The molecule has 8 heteroatoms. The predicted molar refractivity (Wildman–Crippen MR) is 99.1 cm³/mol. The van der Waals surface area contributed by atoms with Crippen LogP contribution in [0.4, 0.5) is 0 Å². The van der Waals surface area contributed by atoms with Gasteiger partial charge in [0.1, 0.15) is 11.6 Å². The van der Waals surface area contributed by atoms with Crippen LogP contribution in [0.25, 0.3) is 0 Å². The van der Waals surface area contributed by atoms with E-state index >= 15 is 0 Å². The highest BCUT2D eigenvalue weighted by atomic mass is 32.2. The van der Waals surface area contributed by atoms with Crippen LogP contribution in [0, 0.1) is 13.8 Å². The average Bonchev–Trinajstić information content (AvgIpc) is 3.05. The third kappa shape index (κ3) is 4.55. The van der Waals surface area contributed by atoms with E-state index in [0.29, 0.717) is 13.0 Å². The van der Waals surface area contributed by atoms with Crippen molar-refractivity contribution in [1.82, 2.24) is 14.8 Å². The fraction of sp³-hybridized carbons (Fsp3) is 0.529. The SMILES string of the molecule is Cc1cc(C)cc(OCCSc2nnc(C3CCS(=O)(=O)C3)n2C)c1. The van der Waals surface area contributed by atoms with E-state index in [2.05, 4.69) is 30.1 Å². The number of ether oxygens (including phenoxy) is 1. The number of benzene rings is 1. The molecular weight excluding hydrogens is 358 g/mol. The number of nitrogens with zero attached hydrogens (tertiary/aromatic N) is 3. The second kappa shape index (κ2) is 7.37. The van der Waals surface area contributed by atoms with Gasteiger partial charge in [0.25, 0.3) is 0 Å².